The number of hydrogen-bond donors (Lipinski definition) is 3. The van der Waals surface area contributed by atoms with Crippen LogP contribution in [0.4, 0.5) is 10.1 Å². The number of likely N-dealkylation sites (tertiary alicyclic amines) is 1. The van der Waals surface area contributed by atoms with Crippen molar-refractivity contribution in [2.24, 2.45) is 5.73 Å². The zero-order valence-electron chi connectivity index (χ0n) is 21.4. The molecule has 1 heterocycles. The van der Waals surface area contributed by atoms with Gasteiger partial charge in [-0.25, -0.2) is 4.39 Å². The summed E-state index contributed by atoms with van der Waals surface area (Å²) in [6.07, 6.45) is 5.44. The third-order valence-corrected chi connectivity index (χ3v) is 5.86. The maximum atomic E-state index is 12.9. The Balaban J connectivity index is 0.000000395. The van der Waals surface area contributed by atoms with Crippen LogP contribution in [-0.4, -0.2) is 62.9 Å². The summed E-state index contributed by atoms with van der Waals surface area (Å²) in [5.41, 5.74) is 8.80. The molecule has 2 aromatic rings. The summed E-state index contributed by atoms with van der Waals surface area (Å²) < 4.78 is 18.7. The molecule has 2 aromatic carbocycles. The number of anilines is 1. The Hall–Kier alpha value is -2.55. The molecule has 1 fully saturated rings. The lowest BCUT2D eigenvalue weighted by atomic mass is 10.1. The van der Waals surface area contributed by atoms with Gasteiger partial charge in [0.2, 0.25) is 0 Å². The van der Waals surface area contributed by atoms with E-state index in [1.54, 1.807) is 17.6 Å². The van der Waals surface area contributed by atoms with Crippen molar-refractivity contribution in [1.29, 1.82) is 5.41 Å². The van der Waals surface area contributed by atoms with Crippen molar-refractivity contribution in [3.8, 4) is 5.75 Å². The predicted octanol–water partition coefficient (Wildman–Crippen LogP) is 4.84. The van der Waals surface area contributed by atoms with Gasteiger partial charge in [0.25, 0.3) is 0 Å². The summed E-state index contributed by atoms with van der Waals surface area (Å²) >= 11 is 4.66. The van der Waals surface area contributed by atoms with Gasteiger partial charge in [-0.3, -0.25) is 0 Å². The topological polar surface area (TPSA) is 77.6 Å². The lowest BCUT2D eigenvalue weighted by Gasteiger charge is -2.25. The van der Waals surface area contributed by atoms with Crippen molar-refractivity contribution in [3.63, 3.8) is 0 Å². The monoisotopic (exact) mass is 503 g/mol. The van der Waals surface area contributed by atoms with Gasteiger partial charge in [0.1, 0.15) is 18.2 Å². The Morgan fingerprint density at radius 3 is 2.31 bits per heavy atom. The molecule has 194 valence electrons. The van der Waals surface area contributed by atoms with Gasteiger partial charge in [-0.2, -0.15) is 0 Å². The molecule has 35 heavy (non-hydrogen) atoms. The minimum absolute atomic E-state index is 0.257. The van der Waals surface area contributed by atoms with Crippen LogP contribution in [-0.2, 0) is 6.61 Å². The highest BCUT2D eigenvalue weighted by molar-refractivity contribution is 7.78. The molecule has 0 bridgehead atoms. The van der Waals surface area contributed by atoms with Crippen molar-refractivity contribution in [1.82, 2.24) is 10.2 Å². The number of hydrogen-bond acceptors (Lipinski definition) is 6. The van der Waals surface area contributed by atoms with Crippen LogP contribution in [0.15, 0.2) is 42.5 Å². The summed E-state index contributed by atoms with van der Waals surface area (Å²) in [4.78, 5) is 4.72. The van der Waals surface area contributed by atoms with Crippen LogP contribution in [0, 0.1) is 11.2 Å². The van der Waals surface area contributed by atoms with Crippen LogP contribution >= 0.6 is 12.2 Å². The van der Waals surface area contributed by atoms with Crippen molar-refractivity contribution < 1.29 is 9.13 Å². The fraction of sp³-hybridized carbons (Fsp3) is 0.481. The molecule has 0 saturated carbocycles. The molecular formula is C27H42FN5OS. The molecule has 1 aliphatic heterocycles. The third kappa shape index (κ3) is 11.6. The first-order chi connectivity index (χ1) is 17.1. The third-order valence-electron chi connectivity index (χ3n) is 5.69. The fourth-order valence-corrected chi connectivity index (χ4v) is 3.88. The van der Waals surface area contributed by atoms with E-state index in [4.69, 9.17) is 10.1 Å². The second-order valence-corrected chi connectivity index (χ2v) is 8.16. The number of ether oxygens (including phenoxy) is 1. The molecule has 0 amide bonds. The average Bonchev–Trinajstić information content (AvgIpc) is 2.91. The fourth-order valence-electron chi connectivity index (χ4n) is 3.76. The molecule has 1 aliphatic rings. The normalized spacial score (nSPS) is 12.8. The van der Waals surface area contributed by atoms with Crippen molar-refractivity contribution in [2.75, 3.05) is 51.2 Å². The molecule has 0 unspecified atom stereocenters. The van der Waals surface area contributed by atoms with Gasteiger partial charge in [0.05, 0.1) is 5.49 Å². The largest absolute Gasteiger partial charge is 0.488 e. The Morgan fingerprint density at radius 2 is 1.74 bits per heavy atom. The Morgan fingerprint density at radius 1 is 1.09 bits per heavy atom. The van der Waals surface area contributed by atoms with Gasteiger partial charge in [-0.05, 0) is 76.7 Å². The maximum Gasteiger partial charge on any atom is 0.130 e. The first-order valence-electron chi connectivity index (χ1n) is 12.3. The lowest BCUT2D eigenvalue weighted by molar-refractivity contribution is 0.232. The van der Waals surface area contributed by atoms with E-state index in [2.05, 4.69) is 46.9 Å². The van der Waals surface area contributed by atoms with E-state index < -0.39 is 0 Å². The molecule has 3 rings (SSSR count). The molecular weight excluding hydrogens is 461 g/mol. The van der Waals surface area contributed by atoms with Crippen molar-refractivity contribution >= 4 is 29.6 Å². The second kappa shape index (κ2) is 18.7. The van der Waals surface area contributed by atoms with Crippen LogP contribution in [0.3, 0.4) is 0 Å². The molecule has 0 atom stereocenters. The summed E-state index contributed by atoms with van der Waals surface area (Å²) in [7, 11) is 1.50. The molecule has 4 N–H and O–H groups in total. The highest BCUT2D eigenvalue weighted by atomic mass is 32.1. The quantitative estimate of drug-likeness (QED) is 0.231. The Bertz CT molecular complexity index is 840. The van der Waals surface area contributed by atoms with Crippen molar-refractivity contribution in [2.45, 2.75) is 39.7 Å². The smallest absolute Gasteiger partial charge is 0.130 e. The van der Waals surface area contributed by atoms with Crippen LogP contribution in [0.5, 0.6) is 5.75 Å². The van der Waals surface area contributed by atoms with Crippen molar-refractivity contribution in [3.05, 3.63) is 59.4 Å². The van der Waals surface area contributed by atoms with Gasteiger partial charge >= 0.3 is 0 Å². The van der Waals surface area contributed by atoms with Crippen LogP contribution in [0.1, 0.15) is 44.2 Å². The number of piperidine rings is 1. The van der Waals surface area contributed by atoms with E-state index >= 15 is 0 Å². The first kappa shape index (κ1) is 30.5. The Labute approximate surface area is 216 Å². The summed E-state index contributed by atoms with van der Waals surface area (Å²) in [6, 6.07) is 12.1. The van der Waals surface area contributed by atoms with Gasteiger partial charge in [0.15, 0.2) is 0 Å². The van der Waals surface area contributed by atoms with Gasteiger partial charge in [0, 0.05) is 49.7 Å². The molecule has 8 heteroatoms. The van der Waals surface area contributed by atoms with E-state index in [1.165, 1.54) is 57.7 Å². The number of nitrogens with two attached hydrogens (primary N) is 1. The summed E-state index contributed by atoms with van der Waals surface area (Å²) in [5, 5.41) is 10.5. The van der Waals surface area contributed by atoms with Crippen LogP contribution in [0.2, 0.25) is 0 Å². The summed E-state index contributed by atoms with van der Waals surface area (Å²) in [6.45, 7) is 11.1. The van der Waals surface area contributed by atoms with E-state index in [-0.39, 0.29) is 5.82 Å². The minimum Gasteiger partial charge on any atom is -0.488 e. The zero-order valence-corrected chi connectivity index (χ0v) is 22.2. The van der Waals surface area contributed by atoms with Gasteiger partial charge in [-0.1, -0.05) is 30.8 Å². The van der Waals surface area contributed by atoms with E-state index in [0.717, 1.165) is 43.0 Å². The highest BCUT2D eigenvalue weighted by Gasteiger charge is 2.09. The lowest BCUT2D eigenvalue weighted by Crippen LogP contribution is -2.35. The standard InChI is InChI=1S/C18H21FN2O.C8H16N2S.CH5N/c1-3-21(4-2)17-10-7-15(12-20)18(11-17)22-13-14-5-8-16(19)9-6-14;11-8-9-4-7-10-5-2-1-3-6-10;1-2/h5-12,20H,3-4,13H2,1-2H3;8H,1-7H2,(H,9,11);2H2,1H3. The molecule has 0 spiro atoms. The number of rotatable bonds is 11. The molecule has 1 saturated heterocycles. The number of thiocarbonyl (C=S) groups is 1. The molecule has 0 aliphatic carbocycles. The van der Waals surface area contributed by atoms with E-state index in [9.17, 15) is 4.39 Å². The first-order valence-corrected chi connectivity index (χ1v) is 12.8. The predicted molar refractivity (Wildman–Crippen MR) is 151 cm³/mol. The molecule has 0 radical (unpaired) electrons. The second-order valence-electron chi connectivity index (χ2n) is 7.93. The number of benzene rings is 2. The highest BCUT2D eigenvalue weighted by Crippen LogP contribution is 2.25. The number of halogens is 1. The van der Waals surface area contributed by atoms with E-state index in [1.807, 2.05) is 18.2 Å². The Kier molecular flexibility index (Phi) is 16.3. The summed E-state index contributed by atoms with van der Waals surface area (Å²) in [5.74, 6) is 0.413. The maximum absolute atomic E-state index is 12.9. The molecule has 6 nitrogen and oxygen atoms in total. The van der Waals surface area contributed by atoms with Gasteiger partial charge in [-0.15, -0.1) is 0 Å². The minimum atomic E-state index is -0.257. The number of nitrogens with zero attached hydrogens (tertiary/aromatic N) is 2. The van der Waals surface area contributed by atoms with E-state index in [0.29, 0.717) is 12.4 Å². The number of nitrogens with one attached hydrogen (secondary N) is 2. The zero-order chi connectivity index (χ0) is 25.9. The van der Waals surface area contributed by atoms with Crippen LogP contribution in [0.25, 0.3) is 0 Å². The average molecular weight is 504 g/mol. The van der Waals surface area contributed by atoms with Crippen LogP contribution < -0.4 is 20.7 Å². The SMILES string of the molecule is CCN(CC)c1ccc(C=N)c(OCc2ccc(F)cc2)c1.CN.S=CNCCN1CCCCC1. The molecule has 0 aromatic heterocycles. The van der Waals surface area contributed by atoms with Gasteiger partial charge < -0.3 is 31.0 Å².